The third-order valence-electron chi connectivity index (χ3n) is 1.30. The van der Waals surface area contributed by atoms with Crippen molar-refractivity contribution < 1.29 is 14.6 Å². The molecule has 0 heterocycles. The molecule has 1 atom stereocenters. The zero-order valence-electron chi connectivity index (χ0n) is 6.76. The number of alkyl halides is 1. The second-order valence-electron chi connectivity index (χ2n) is 2.43. The lowest BCUT2D eigenvalue weighted by Gasteiger charge is -2.19. The van der Waals surface area contributed by atoms with Gasteiger partial charge in [0.2, 0.25) is 0 Å². The molecule has 0 fully saturated rings. The average molecular weight is 225 g/mol. The molecule has 0 aliphatic rings. The van der Waals surface area contributed by atoms with Gasteiger partial charge in [0.1, 0.15) is 0 Å². The van der Waals surface area contributed by atoms with E-state index in [0.717, 1.165) is 0 Å². The molecular weight excluding hydrogens is 212 g/mol. The summed E-state index contributed by atoms with van der Waals surface area (Å²) in [5, 5.41) is 9.99. The van der Waals surface area contributed by atoms with Crippen molar-refractivity contribution in [2.45, 2.75) is 25.9 Å². The predicted molar refractivity (Wildman–Crippen MR) is 45.7 cm³/mol. The summed E-state index contributed by atoms with van der Waals surface area (Å²) >= 11 is 3.14. The Labute approximate surface area is 74.9 Å². The monoisotopic (exact) mass is 224 g/mol. The van der Waals surface area contributed by atoms with Gasteiger partial charge in [-0.1, -0.05) is 15.9 Å². The summed E-state index contributed by atoms with van der Waals surface area (Å²) in [6.45, 7) is 3.46. The molecule has 0 aromatic heterocycles. The summed E-state index contributed by atoms with van der Waals surface area (Å²) in [6.07, 6.45) is 0.367. The van der Waals surface area contributed by atoms with E-state index < -0.39 is 11.6 Å². The molecule has 1 N–H and O–H groups in total. The van der Waals surface area contributed by atoms with Crippen LogP contribution in [0.3, 0.4) is 0 Å². The van der Waals surface area contributed by atoms with Crippen LogP contribution in [-0.4, -0.2) is 28.6 Å². The molecule has 0 saturated heterocycles. The number of carbonyl (C=O) groups is 1. The van der Waals surface area contributed by atoms with E-state index in [9.17, 15) is 9.90 Å². The summed E-state index contributed by atoms with van der Waals surface area (Å²) in [5.74, 6) is -0.556. The highest BCUT2D eigenvalue weighted by Crippen LogP contribution is 2.12. The predicted octanol–water partition coefficient (Wildman–Crippen LogP) is 1.09. The van der Waals surface area contributed by atoms with Crippen LogP contribution in [0.25, 0.3) is 0 Å². The van der Waals surface area contributed by atoms with Crippen LogP contribution in [0.1, 0.15) is 20.3 Å². The fourth-order valence-electron chi connectivity index (χ4n) is 0.573. The third-order valence-corrected chi connectivity index (χ3v) is 1.69. The second kappa shape index (κ2) is 4.72. The maximum absolute atomic E-state index is 11.0. The largest absolute Gasteiger partial charge is 0.464 e. The minimum Gasteiger partial charge on any atom is -0.464 e. The van der Waals surface area contributed by atoms with Crippen molar-refractivity contribution >= 4 is 21.9 Å². The number of esters is 1. The van der Waals surface area contributed by atoms with E-state index in [4.69, 9.17) is 0 Å². The first-order valence-electron chi connectivity index (χ1n) is 3.50. The molecule has 11 heavy (non-hydrogen) atoms. The molecule has 0 aromatic rings. The van der Waals surface area contributed by atoms with Crippen LogP contribution in [0.2, 0.25) is 0 Å². The Kier molecular flexibility index (Phi) is 4.68. The Bertz CT molecular complexity index is 134. The zero-order chi connectivity index (χ0) is 8.91. The highest BCUT2D eigenvalue weighted by Gasteiger charge is 2.30. The molecule has 0 spiro atoms. The van der Waals surface area contributed by atoms with E-state index in [0.29, 0.717) is 18.4 Å². The van der Waals surface area contributed by atoms with Gasteiger partial charge < -0.3 is 9.84 Å². The Hall–Kier alpha value is -0.0900. The normalized spacial score (nSPS) is 15.6. The van der Waals surface area contributed by atoms with Crippen molar-refractivity contribution in [2.75, 3.05) is 11.9 Å². The summed E-state index contributed by atoms with van der Waals surface area (Å²) in [5.41, 5.74) is -1.35. The van der Waals surface area contributed by atoms with Gasteiger partial charge in [0, 0.05) is 5.33 Å². The lowest BCUT2D eigenvalue weighted by Crippen LogP contribution is -2.37. The molecule has 0 amide bonds. The highest BCUT2D eigenvalue weighted by molar-refractivity contribution is 9.09. The minimum atomic E-state index is -1.35. The van der Waals surface area contributed by atoms with Gasteiger partial charge in [-0.2, -0.15) is 0 Å². The van der Waals surface area contributed by atoms with E-state index in [-0.39, 0.29) is 0 Å². The molecule has 0 saturated carbocycles. The first-order valence-corrected chi connectivity index (χ1v) is 4.62. The molecule has 0 bridgehead atoms. The Balaban J connectivity index is 3.94. The Morgan fingerprint density at radius 2 is 2.27 bits per heavy atom. The Morgan fingerprint density at radius 1 is 1.73 bits per heavy atom. The third kappa shape index (κ3) is 3.72. The van der Waals surface area contributed by atoms with Crippen LogP contribution in [0.5, 0.6) is 0 Å². The highest BCUT2D eigenvalue weighted by atomic mass is 79.9. The van der Waals surface area contributed by atoms with Crippen molar-refractivity contribution in [3.8, 4) is 0 Å². The van der Waals surface area contributed by atoms with Gasteiger partial charge in [-0.3, -0.25) is 0 Å². The number of hydrogen-bond donors (Lipinski definition) is 1. The van der Waals surface area contributed by atoms with Crippen LogP contribution in [0.15, 0.2) is 0 Å². The van der Waals surface area contributed by atoms with Gasteiger partial charge in [0.05, 0.1) is 6.61 Å². The van der Waals surface area contributed by atoms with E-state index in [2.05, 4.69) is 20.7 Å². The first kappa shape index (κ1) is 10.9. The van der Waals surface area contributed by atoms with Crippen LogP contribution in [0, 0.1) is 0 Å². The molecule has 3 nitrogen and oxygen atoms in total. The maximum atomic E-state index is 11.0. The molecule has 4 heteroatoms. The van der Waals surface area contributed by atoms with Crippen molar-refractivity contribution in [1.82, 2.24) is 0 Å². The SMILES string of the molecule is CCOC(=O)C(C)(O)CCBr. The van der Waals surface area contributed by atoms with Gasteiger partial charge in [-0.15, -0.1) is 0 Å². The quantitative estimate of drug-likeness (QED) is 0.575. The Morgan fingerprint density at radius 3 is 2.64 bits per heavy atom. The molecule has 0 rings (SSSR count). The van der Waals surface area contributed by atoms with E-state index in [1.54, 1.807) is 6.92 Å². The number of halogens is 1. The van der Waals surface area contributed by atoms with Gasteiger partial charge in [-0.05, 0) is 20.3 Å². The number of carbonyl (C=O) groups excluding carboxylic acids is 1. The van der Waals surface area contributed by atoms with Crippen molar-refractivity contribution in [3.05, 3.63) is 0 Å². The zero-order valence-corrected chi connectivity index (χ0v) is 8.35. The molecule has 0 aromatic carbocycles. The summed E-state index contributed by atoms with van der Waals surface area (Å²) < 4.78 is 4.65. The first-order chi connectivity index (χ1) is 5.04. The maximum Gasteiger partial charge on any atom is 0.337 e. The lowest BCUT2D eigenvalue weighted by atomic mass is 10.1. The molecule has 1 unspecified atom stereocenters. The molecule has 0 aliphatic heterocycles. The molecule has 0 aliphatic carbocycles. The van der Waals surface area contributed by atoms with E-state index in [1.807, 2.05) is 0 Å². The van der Waals surface area contributed by atoms with E-state index in [1.165, 1.54) is 6.92 Å². The second-order valence-corrected chi connectivity index (χ2v) is 3.23. The van der Waals surface area contributed by atoms with Crippen LogP contribution < -0.4 is 0 Å². The molecule has 0 radical (unpaired) electrons. The fourth-order valence-corrected chi connectivity index (χ4v) is 1.34. The van der Waals surface area contributed by atoms with Gasteiger partial charge in [0.15, 0.2) is 5.60 Å². The van der Waals surface area contributed by atoms with Gasteiger partial charge in [0.25, 0.3) is 0 Å². The summed E-state index contributed by atoms with van der Waals surface area (Å²) in [6, 6.07) is 0. The van der Waals surface area contributed by atoms with Crippen molar-refractivity contribution in [2.24, 2.45) is 0 Å². The minimum absolute atomic E-state index is 0.303. The number of ether oxygens (including phenoxy) is 1. The van der Waals surface area contributed by atoms with E-state index >= 15 is 0 Å². The van der Waals surface area contributed by atoms with Crippen molar-refractivity contribution in [3.63, 3.8) is 0 Å². The van der Waals surface area contributed by atoms with Crippen LogP contribution in [-0.2, 0) is 9.53 Å². The average Bonchev–Trinajstić information content (AvgIpc) is 1.88. The molecular formula is C7H13BrO3. The topological polar surface area (TPSA) is 46.5 Å². The van der Waals surface area contributed by atoms with Gasteiger partial charge in [-0.25, -0.2) is 4.79 Å². The van der Waals surface area contributed by atoms with Crippen LogP contribution >= 0.6 is 15.9 Å². The fraction of sp³-hybridized carbons (Fsp3) is 0.857. The number of hydrogen-bond acceptors (Lipinski definition) is 3. The summed E-state index contributed by atoms with van der Waals surface area (Å²) in [4.78, 5) is 11.0. The van der Waals surface area contributed by atoms with Gasteiger partial charge >= 0.3 is 5.97 Å². The molecule has 66 valence electrons. The number of rotatable bonds is 4. The smallest absolute Gasteiger partial charge is 0.337 e. The standard InChI is InChI=1S/C7H13BrO3/c1-3-11-6(9)7(2,10)4-5-8/h10H,3-5H2,1-2H3. The van der Waals surface area contributed by atoms with Crippen molar-refractivity contribution in [1.29, 1.82) is 0 Å². The lowest BCUT2D eigenvalue weighted by molar-refractivity contribution is -0.163. The summed E-state index contributed by atoms with van der Waals surface area (Å²) in [7, 11) is 0. The number of aliphatic hydroxyl groups is 1. The van der Waals surface area contributed by atoms with Crippen LogP contribution in [0.4, 0.5) is 0 Å².